The van der Waals surface area contributed by atoms with Gasteiger partial charge in [-0.3, -0.25) is 10.2 Å². The molecule has 0 bridgehead atoms. The summed E-state index contributed by atoms with van der Waals surface area (Å²) in [6.45, 7) is 0. The molecular formula is C20H24F2N8O. The first-order valence-corrected chi connectivity index (χ1v) is 9.66. The van der Waals surface area contributed by atoms with Gasteiger partial charge in [-0.2, -0.15) is 5.10 Å². The van der Waals surface area contributed by atoms with Crippen molar-refractivity contribution in [3.8, 4) is 0 Å². The van der Waals surface area contributed by atoms with Crippen molar-refractivity contribution in [1.82, 2.24) is 4.98 Å². The van der Waals surface area contributed by atoms with Gasteiger partial charge in [0.1, 0.15) is 17.7 Å². The van der Waals surface area contributed by atoms with Gasteiger partial charge in [0.05, 0.1) is 17.5 Å². The van der Waals surface area contributed by atoms with E-state index in [-0.39, 0.29) is 23.6 Å². The van der Waals surface area contributed by atoms with Crippen LogP contribution in [-0.2, 0) is 0 Å². The number of nitrogens with one attached hydrogen (secondary N) is 4. The summed E-state index contributed by atoms with van der Waals surface area (Å²) in [7, 11) is 0. The molecule has 1 aromatic carbocycles. The number of carbonyl (C=O) groups excluding carboxylic acids is 1. The van der Waals surface area contributed by atoms with Crippen molar-refractivity contribution in [2.75, 3.05) is 16.1 Å². The van der Waals surface area contributed by atoms with Crippen molar-refractivity contribution in [1.29, 1.82) is 5.41 Å². The maximum absolute atomic E-state index is 14.3. The molecule has 1 amide bonds. The Morgan fingerprint density at radius 1 is 1.29 bits per heavy atom. The van der Waals surface area contributed by atoms with E-state index in [2.05, 4.69) is 26.1 Å². The van der Waals surface area contributed by atoms with Crippen LogP contribution in [-0.4, -0.2) is 41.3 Å². The topological polar surface area (TPSA) is 154 Å². The molecule has 31 heavy (non-hydrogen) atoms. The van der Waals surface area contributed by atoms with Crippen molar-refractivity contribution >= 4 is 41.3 Å². The highest BCUT2D eigenvalue weighted by atomic mass is 19.3. The van der Waals surface area contributed by atoms with E-state index in [1.807, 2.05) is 0 Å². The van der Waals surface area contributed by atoms with Crippen LogP contribution < -0.4 is 27.5 Å². The number of benzene rings is 1. The zero-order valence-corrected chi connectivity index (χ0v) is 16.6. The number of hydrazone groups is 1. The zero-order chi connectivity index (χ0) is 22.4. The Morgan fingerprint density at radius 2 is 2.06 bits per heavy atom. The standard InChI is InChI=1S/C20H24F2N8O/c21-20(22)8-2-5-15(24)17(20)28-16-7-6-14(18(25)31)19(29-16)27-12-3-1-4-13(11-12)30-26-10-9-23/h1,3-4,6-7,9-11,15,17,23,30H,2,5,8,24H2,(H2,25,31)(H2,27,28,29)/b23-9?,26-10-/t15-,17-/m0/s1. The minimum absolute atomic E-state index is 0.102. The number of aromatic nitrogens is 1. The monoisotopic (exact) mass is 430 g/mol. The Morgan fingerprint density at radius 3 is 2.77 bits per heavy atom. The molecule has 1 fully saturated rings. The fourth-order valence-corrected chi connectivity index (χ4v) is 3.37. The lowest BCUT2D eigenvalue weighted by Crippen LogP contribution is -2.55. The molecule has 0 radical (unpaired) electrons. The lowest BCUT2D eigenvalue weighted by Gasteiger charge is -2.36. The Kier molecular flexibility index (Phi) is 6.75. The van der Waals surface area contributed by atoms with Crippen molar-refractivity contribution in [3.05, 3.63) is 42.0 Å². The van der Waals surface area contributed by atoms with Crippen molar-refractivity contribution in [2.24, 2.45) is 16.6 Å². The molecule has 0 saturated heterocycles. The summed E-state index contributed by atoms with van der Waals surface area (Å²) in [5.41, 5.74) is 15.4. The van der Waals surface area contributed by atoms with Crippen LogP contribution in [0.25, 0.3) is 0 Å². The van der Waals surface area contributed by atoms with Gasteiger partial charge in [0, 0.05) is 24.4 Å². The number of nitrogens with zero attached hydrogens (tertiary/aromatic N) is 2. The largest absolute Gasteiger partial charge is 0.365 e. The summed E-state index contributed by atoms with van der Waals surface area (Å²) >= 11 is 0. The van der Waals surface area contributed by atoms with Crippen LogP contribution in [0.15, 0.2) is 41.5 Å². The van der Waals surface area contributed by atoms with E-state index in [0.29, 0.717) is 24.2 Å². The van der Waals surface area contributed by atoms with Gasteiger partial charge in [-0.05, 0) is 43.2 Å². The second-order valence-corrected chi connectivity index (χ2v) is 7.16. The molecule has 1 heterocycles. The van der Waals surface area contributed by atoms with Crippen LogP contribution in [0.5, 0.6) is 0 Å². The third-order valence-corrected chi connectivity index (χ3v) is 4.86. The van der Waals surface area contributed by atoms with Crippen LogP contribution in [0.3, 0.4) is 0 Å². The molecule has 1 aliphatic rings. The molecule has 2 atom stereocenters. The average molecular weight is 430 g/mol. The number of rotatable bonds is 8. The lowest BCUT2D eigenvalue weighted by atomic mass is 9.87. The summed E-state index contributed by atoms with van der Waals surface area (Å²) in [4.78, 5) is 16.1. The Bertz CT molecular complexity index is 981. The molecule has 1 aromatic heterocycles. The quantitative estimate of drug-likeness (QED) is 0.279. The Hall–Kier alpha value is -3.60. The molecular weight excluding hydrogens is 406 g/mol. The van der Waals surface area contributed by atoms with E-state index in [4.69, 9.17) is 16.9 Å². The van der Waals surface area contributed by atoms with Crippen molar-refractivity contribution in [3.63, 3.8) is 0 Å². The van der Waals surface area contributed by atoms with Crippen LogP contribution >= 0.6 is 0 Å². The molecule has 0 unspecified atom stereocenters. The normalized spacial score (nSPS) is 20.2. The fourth-order valence-electron chi connectivity index (χ4n) is 3.37. The number of pyridine rings is 1. The van der Waals surface area contributed by atoms with Gasteiger partial charge < -0.3 is 27.5 Å². The molecule has 0 aliphatic heterocycles. The van der Waals surface area contributed by atoms with E-state index in [9.17, 15) is 13.6 Å². The first-order valence-electron chi connectivity index (χ1n) is 9.66. The SMILES string of the molecule is N=C/C=N\Nc1cccc(Nc2nc(N[C@H]3[C@@H](N)CCCC3(F)F)ccc2C(N)=O)c1. The van der Waals surface area contributed by atoms with E-state index >= 15 is 0 Å². The van der Waals surface area contributed by atoms with Crippen LogP contribution in [0, 0.1) is 5.41 Å². The highest BCUT2D eigenvalue weighted by Crippen LogP contribution is 2.35. The molecule has 3 rings (SSSR count). The minimum Gasteiger partial charge on any atom is -0.365 e. The number of halogens is 2. The van der Waals surface area contributed by atoms with Gasteiger partial charge in [0.15, 0.2) is 0 Å². The highest BCUT2D eigenvalue weighted by molar-refractivity contribution is 6.14. The number of anilines is 4. The number of nitrogens with two attached hydrogens (primary N) is 2. The molecule has 0 spiro atoms. The van der Waals surface area contributed by atoms with Crippen molar-refractivity contribution in [2.45, 2.75) is 37.3 Å². The third kappa shape index (κ3) is 5.51. The van der Waals surface area contributed by atoms with E-state index in [0.717, 1.165) is 6.21 Å². The molecule has 11 heteroatoms. The first-order chi connectivity index (χ1) is 14.8. The summed E-state index contributed by atoms with van der Waals surface area (Å²) in [6, 6.07) is 7.76. The van der Waals surface area contributed by atoms with E-state index in [1.54, 1.807) is 24.3 Å². The van der Waals surface area contributed by atoms with Crippen LogP contribution in [0.1, 0.15) is 29.6 Å². The smallest absolute Gasteiger partial charge is 0.269 e. The predicted molar refractivity (Wildman–Crippen MR) is 118 cm³/mol. The molecule has 8 N–H and O–H groups in total. The van der Waals surface area contributed by atoms with Crippen molar-refractivity contribution < 1.29 is 13.6 Å². The number of alkyl halides is 2. The maximum Gasteiger partial charge on any atom is 0.269 e. The number of amides is 1. The lowest BCUT2D eigenvalue weighted by molar-refractivity contribution is -0.0511. The second kappa shape index (κ2) is 9.47. The summed E-state index contributed by atoms with van der Waals surface area (Å²) < 4.78 is 28.7. The molecule has 1 aliphatic carbocycles. The van der Waals surface area contributed by atoms with Crippen LogP contribution in [0.4, 0.5) is 31.8 Å². The first kappa shape index (κ1) is 22.1. The van der Waals surface area contributed by atoms with Gasteiger partial charge in [-0.25, -0.2) is 13.8 Å². The Balaban J connectivity index is 1.86. The van der Waals surface area contributed by atoms with Crippen LogP contribution in [0.2, 0.25) is 0 Å². The fraction of sp³-hybridized carbons (Fsp3) is 0.300. The molecule has 164 valence electrons. The second-order valence-electron chi connectivity index (χ2n) is 7.16. The number of primary amides is 1. The summed E-state index contributed by atoms with van der Waals surface area (Å²) in [6.07, 6.45) is 2.90. The van der Waals surface area contributed by atoms with Gasteiger partial charge in [-0.15, -0.1) is 0 Å². The van der Waals surface area contributed by atoms with E-state index in [1.165, 1.54) is 18.3 Å². The predicted octanol–water partition coefficient (Wildman–Crippen LogP) is 2.90. The zero-order valence-electron chi connectivity index (χ0n) is 16.6. The number of hydrogen-bond acceptors (Lipinski definition) is 8. The Labute approximate surface area is 177 Å². The third-order valence-electron chi connectivity index (χ3n) is 4.86. The summed E-state index contributed by atoms with van der Waals surface area (Å²) in [5, 5.41) is 16.5. The van der Waals surface area contributed by atoms with Gasteiger partial charge in [0.25, 0.3) is 11.8 Å². The molecule has 9 nitrogen and oxygen atoms in total. The number of hydrogen-bond donors (Lipinski definition) is 6. The van der Waals surface area contributed by atoms with E-state index < -0.39 is 23.9 Å². The molecule has 1 saturated carbocycles. The highest BCUT2D eigenvalue weighted by Gasteiger charge is 2.45. The van der Waals surface area contributed by atoms with Gasteiger partial charge in [0.2, 0.25) is 0 Å². The minimum atomic E-state index is -2.97. The average Bonchev–Trinajstić information content (AvgIpc) is 2.71. The number of carbonyl (C=O) groups is 1. The molecule has 2 aromatic rings. The summed E-state index contributed by atoms with van der Waals surface area (Å²) in [5.74, 6) is -3.41. The maximum atomic E-state index is 14.3. The van der Waals surface area contributed by atoms with Gasteiger partial charge >= 0.3 is 0 Å². The van der Waals surface area contributed by atoms with Gasteiger partial charge in [-0.1, -0.05) is 6.07 Å².